The zero-order valence-electron chi connectivity index (χ0n) is 15.5. The normalized spacial score (nSPS) is 11.5. The highest BCUT2D eigenvalue weighted by molar-refractivity contribution is 6.01. The molecule has 0 aromatic heterocycles. The number of benzene rings is 1. The van der Waals surface area contributed by atoms with E-state index in [0.29, 0.717) is 12.2 Å². The molecule has 0 fully saturated rings. The second-order valence-electron chi connectivity index (χ2n) is 6.18. The zero-order valence-corrected chi connectivity index (χ0v) is 15.5. The molecule has 142 valence electrons. The summed E-state index contributed by atoms with van der Waals surface area (Å²) in [6.45, 7) is 5.46. The van der Waals surface area contributed by atoms with Gasteiger partial charge in [-0.3, -0.25) is 15.3 Å². The molecule has 0 saturated heterocycles. The van der Waals surface area contributed by atoms with Crippen molar-refractivity contribution in [2.24, 2.45) is 0 Å². The Kier molecular flexibility index (Phi) is 9.94. The van der Waals surface area contributed by atoms with Gasteiger partial charge < -0.3 is 10.1 Å². The van der Waals surface area contributed by atoms with Gasteiger partial charge in [0.1, 0.15) is 18.4 Å². The molecule has 1 rings (SSSR count). The van der Waals surface area contributed by atoms with Crippen molar-refractivity contribution >= 4 is 17.6 Å². The number of hydrogen-bond donors (Lipinski definition) is 2. The van der Waals surface area contributed by atoms with Crippen LogP contribution in [0.25, 0.3) is 0 Å². The number of rotatable bonds is 13. The summed E-state index contributed by atoms with van der Waals surface area (Å²) in [5.41, 5.74) is 3.24. The topological polar surface area (TPSA) is 100 Å². The van der Waals surface area contributed by atoms with Gasteiger partial charge >= 0.3 is 5.91 Å². The Balaban J connectivity index is 2.57. The highest BCUT2D eigenvalue weighted by atomic mass is 16.5. The number of para-hydroxylation sites is 1. The molecule has 6 nitrogen and oxygen atoms in total. The molecule has 0 aliphatic heterocycles. The van der Waals surface area contributed by atoms with Gasteiger partial charge in [0.05, 0.1) is 5.57 Å². The number of amides is 2. The molecule has 0 heterocycles. The Labute approximate surface area is 154 Å². The molecule has 0 aliphatic rings. The first kappa shape index (κ1) is 21.6. The van der Waals surface area contributed by atoms with Gasteiger partial charge in [-0.15, -0.1) is 0 Å². The third kappa shape index (κ3) is 8.07. The third-order valence-corrected chi connectivity index (χ3v) is 3.97. The van der Waals surface area contributed by atoms with Crippen LogP contribution < -0.4 is 15.8 Å². The smallest absolute Gasteiger partial charge is 0.338 e. The quantitative estimate of drug-likeness (QED) is 0.413. The largest absolute Gasteiger partial charge is 0.486 e. The molecule has 0 bridgehead atoms. The molecule has 1 aromatic carbocycles. The van der Waals surface area contributed by atoms with E-state index in [0.717, 1.165) is 32.1 Å². The summed E-state index contributed by atoms with van der Waals surface area (Å²) < 4.78 is 5.41. The van der Waals surface area contributed by atoms with Crippen molar-refractivity contribution in [3.05, 3.63) is 42.5 Å². The SMILES string of the molecule is C=C(C([NH3+])=O)[C@@H](NC(=O)CCCCCCC)C(=O)COc1ccccc1. The fourth-order valence-corrected chi connectivity index (χ4v) is 2.40. The number of hydrogen-bond acceptors (Lipinski definition) is 4. The molecule has 1 atom stereocenters. The first-order valence-corrected chi connectivity index (χ1v) is 9.00. The Hall–Kier alpha value is -2.47. The first-order chi connectivity index (χ1) is 12.5. The molecule has 0 radical (unpaired) electrons. The maximum absolute atomic E-state index is 12.4. The van der Waals surface area contributed by atoms with Crippen molar-refractivity contribution in [1.29, 1.82) is 0 Å². The van der Waals surface area contributed by atoms with Crippen LogP contribution in [-0.2, 0) is 14.4 Å². The van der Waals surface area contributed by atoms with Crippen molar-refractivity contribution in [3.63, 3.8) is 0 Å². The Morgan fingerprint density at radius 1 is 1.12 bits per heavy atom. The van der Waals surface area contributed by atoms with Crippen LogP contribution in [-0.4, -0.2) is 30.2 Å². The molecular formula is C20H29N2O4+. The maximum atomic E-state index is 12.4. The second-order valence-corrected chi connectivity index (χ2v) is 6.18. The lowest BCUT2D eigenvalue weighted by Gasteiger charge is -2.17. The molecule has 0 unspecified atom stereocenters. The predicted molar refractivity (Wildman–Crippen MR) is 99.3 cm³/mol. The van der Waals surface area contributed by atoms with E-state index in [4.69, 9.17) is 4.74 Å². The van der Waals surface area contributed by atoms with Crippen LogP contribution >= 0.6 is 0 Å². The molecule has 2 amide bonds. The van der Waals surface area contributed by atoms with Crippen LogP contribution in [0.4, 0.5) is 0 Å². The van der Waals surface area contributed by atoms with Gasteiger partial charge in [0, 0.05) is 6.42 Å². The van der Waals surface area contributed by atoms with Crippen molar-refractivity contribution in [2.45, 2.75) is 51.5 Å². The summed E-state index contributed by atoms with van der Waals surface area (Å²) in [6, 6.07) is 7.75. The van der Waals surface area contributed by atoms with E-state index in [2.05, 4.69) is 24.6 Å². The molecule has 4 N–H and O–H groups in total. The van der Waals surface area contributed by atoms with E-state index >= 15 is 0 Å². The molecule has 0 spiro atoms. The summed E-state index contributed by atoms with van der Waals surface area (Å²) in [5, 5.41) is 2.60. The van der Waals surface area contributed by atoms with Crippen molar-refractivity contribution < 1.29 is 24.9 Å². The Morgan fingerprint density at radius 2 is 1.77 bits per heavy atom. The van der Waals surface area contributed by atoms with Crippen LogP contribution in [0, 0.1) is 0 Å². The molecule has 0 aliphatic carbocycles. The summed E-state index contributed by atoms with van der Waals surface area (Å²) in [5.74, 6) is -0.753. The second kappa shape index (κ2) is 12.0. The maximum Gasteiger partial charge on any atom is 0.338 e. The highest BCUT2D eigenvalue weighted by Gasteiger charge is 2.28. The highest BCUT2D eigenvalue weighted by Crippen LogP contribution is 2.10. The van der Waals surface area contributed by atoms with Crippen LogP contribution in [0.1, 0.15) is 45.4 Å². The number of ether oxygens (including phenoxy) is 1. The van der Waals surface area contributed by atoms with Crippen LogP contribution in [0.3, 0.4) is 0 Å². The fraction of sp³-hybridized carbons (Fsp3) is 0.450. The summed E-state index contributed by atoms with van der Waals surface area (Å²) in [7, 11) is 0. The minimum Gasteiger partial charge on any atom is -0.486 e. The van der Waals surface area contributed by atoms with Gasteiger partial charge in [-0.1, -0.05) is 57.4 Å². The lowest BCUT2D eigenvalue weighted by molar-refractivity contribution is -0.299. The van der Waals surface area contributed by atoms with Gasteiger partial charge in [0.2, 0.25) is 5.91 Å². The number of nitrogens with one attached hydrogen (secondary N) is 1. The van der Waals surface area contributed by atoms with Crippen LogP contribution in [0.15, 0.2) is 42.5 Å². The number of unbranched alkanes of at least 4 members (excludes halogenated alkanes) is 4. The minimum atomic E-state index is -1.10. The zero-order chi connectivity index (χ0) is 19.4. The number of Topliss-reactive ketones (excluding diaryl/α,β-unsaturated/α-hetero) is 1. The first-order valence-electron chi connectivity index (χ1n) is 9.00. The number of carbonyl (C=O) groups excluding carboxylic acids is 3. The Morgan fingerprint density at radius 3 is 2.38 bits per heavy atom. The fourth-order valence-electron chi connectivity index (χ4n) is 2.40. The number of quaternary nitrogens is 1. The van der Waals surface area contributed by atoms with Gasteiger partial charge in [-0.2, -0.15) is 0 Å². The van der Waals surface area contributed by atoms with E-state index in [1.54, 1.807) is 24.3 Å². The van der Waals surface area contributed by atoms with Crippen LogP contribution in [0.5, 0.6) is 5.75 Å². The van der Waals surface area contributed by atoms with Crippen molar-refractivity contribution in [1.82, 2.24) is 5.32 Å². The predicted octanol–water partition coefficient (Wildman–Crippen LogP) is 1.80. The third-order valence-electron chi connectivity index (χ3n) is 3.97. The van der Waals surface area contributed by atoms with E-state index in [9.17, 15) is 14.4 Å². The summed E-state index contributed by atoms with van der Waals surface area (Å²) >= 11 is 0. The molecular weight excluding hydrogens is 332 g/mol. The van der Waals surface area contributed by atoms with Gasteiger partial charge in [0.25, 0.3) is 0 Å². The molecule has 0 saturated carbocycles. The van der Waals surface area contributed by atoms with Crippen molar-refractivity contribution in [3.8, 4) is 5.75 Å². The molecule has 6 heteroatoms. The van der Waals surface area contributed by atoms with Gasteiger partial charge in [0.15, 0.2) is 5.78 Å². The summed E-state index contributed by atoms with van der Waals surface area (Å²) in [4.78, 5) is 36.1. The molecule has 26 heavy (non-hydrogen) atoms. The standard InChI is InChI=1S/C20H28N2O4/c1-3-4-5-6-10-13-18(24)22-19(15(2)20(21)25)17(23)14-26-16-11-8-7-9-12-16/h7-9,11-12,19H,2-6,10,13-14H2,1H3,(H2,21,25)(H,22,24)/p+1/t19-/m1/s1. The molecule has 1 aromatic rings. The van der Waals surface area contributed by atoms with Crippen molar-refractivity contribution in [2.75, 3.05) is 6.61 Å². The summed E-state index contributed by atoms with van der Waals surface area (Å²) in [6.07, 6.45) is 5.39. The number of carbonyl (C=O) groups is 3. The van der Waals surface area contributed by atoms with E-state index in [1.165, 1.54) is 0 Å². The van der Waals surface area contributed by atoms with E-state index in [-0.39, 0.29) is 18.1 Å². The monoisotopic (exact) mass is 361 g/mol. The van der Waals surface area contributed by atoms with E-state index < -0.39 is 17.7 Å². The lowest BCUT2D eigenvalue weighted by atomic mass is 10.0. The average molecular weight is 361 g/mol. The van der Waals surface area contributed by atoms with Crippen LogP contribution in [0.2, 0.25) is 0 Å². The van der Waals surface area contributed by atoms with E-state index in [1.807, 2.05) is 6.07 Å². The minimum absolute atomic E-state index is 0.0361. The Bertz CT molecular complexity index is 613. The van der Waals surface area contributed by atoms with Gasteiger partial charge in [-0.25, -0.2) is 4.79 Å². The lowest BCUT2D eigenvalue weighted by Crippen LogP contribution is -2.61. The van der Waals surface area contributed by atoms with Gasteiger partial charge in [-0.05, 0) is 18.6 Å². The average Bonchev–Trinajstić information content (AvgIpc) is 2.64. The number of ketones is 1.